The van der Waals surface area contributed by atoms with E-state index in [1.807, 2.05) is 0 Å². The molecular weight excluding hydrogens is 186 g/mol. The van der Waals surface area contributed by atoms with Crippen LogP contribution in [0.5, 0.6) is 0 Å². The van der Waals surface area contributed by atoms with Crippen LogP contribution < -0.4 is 5.73 Å². The molecule has 1 fully saturated rings. The Morgan fingerprint density at radius 1 is 1.40 bits per heavy atom. The van der Waals surface area contributed by atoms with Gasteiger partial charge >= 0.3 is 0 Å². The van der Waals surface area contributed by atoms with E-state index in [-0.39, 0.29) is 0 Å². The van der Waals surface area contributed by atoms with Gasteiger partial charge in [0.25, 0.3) is 0 Å². The van der Waals surface area contributed by atoms with E-state index in [0.717, 1.165) is 18.4 Å². The largest absolute Gasteiger partial charge is 0.332 e. The number of imidazole rings is 1. The Hall–Kier alpha value is -0.830. The lowest BCUT2D eigenvalue weighted by molar-refractivity contribution is 0.366. The van der Waals surface area contributed by atoms with Crippen molar-refractivity contribution in [3.63, 3.8) is 0 Å². The normalized spacial score (nSPS) is 25.3. The van der Waals surface area contributed by atoms with E-state index in [2.05, 4.69) is 15.7 Å². The van der Waals surface area contributed by atoms with Gasteiger partial charge in [-0.25, -0.2) is 4.98 Å². The Morgan fingerprint density at radius 3 is 3.00 bits per heavy atom. The van der Waals surface area contributed by atoms with Crippen molar-refractivity contribution in [1.82, 2.24) is 9.55 Å². The quantitative estimate of drug-likeness (QED) is 0.815. The van der Waals surface area contributed by atoms with Gasteiger partial charge in [-0.2, -0.15) is 0 Å². The molecule has 0 amide bonds. The first-order valence-electron chi connectivity index (χ1n) is 6.13. The summed E-state index contributed by atoms with van der Waals surface area (Å²) in [4.78, 5) is 4.59. The molecule has 1 aliphatic heterocycles. The molecule has 1 saturated carbocycles. The second-order valence-corrected chi connectivity index (χ2v) is 4.97. The maximum Gasteiger partial charge on any atom is 0.111 e. The molecule has 0 saturated heterocycles. The molecule has 0 radical (unpaired) electrons. The number of fused-ring (bicyclic) bond motifs is 1. The smallest absolute Gasteiger partial charge is 0.111 e. The van der Waals surface area contributed by atoms with Crippen LogP contribution in [0.4, 0.5) is 0 Å². The first-order valence-corrected chi connectivity index (χ1v) is 6.13. The van der Waals surface area contributed by atoms with Gasteiger partial charge in [0.2, 0.25) is 0 Å². The number of hydrogen-bond acceptors (Lipinski definition) is 2. The minimum atomic E-state index is 0.782. The Bertz CT molecular complexity index is 352. The molecule has 1 aromatic rings. The highest BCUT2D eigenvalue weighted by Crippen LogP contribution is 2.40. The van der Waals surface area contributed by atoms with E-state index >= 15 is 0 Å². The lowest BCUT2D eigenvalue weighted by Crippen LogP contribution is -2.22. The lowest BCUT2D eigenvalue weighted by atomic mass is 9.93. The van der Waals surface area contributed by atoms with Crippen molar-refractivity contribution < 1.29 is 0 Å². The van der Waals surface area contributed by atoms with Crippen LogP contribution in [0.25, 0.3) is 0 Å². The van der Waals surface area contributed by atoms with Gasteiger partial charge in [0, 0.05) is 24.4 Å². The summed E-state index contributed by atoms with van der Waals surface area (Å²) in [5, 5.41) is 0. The van der Waals surface area contributed by atoms with Crippen LogP contribution in [0.1, 0.15) is 43.1 Å². The number of nitrogens with zero attached hydrogens (tertiary/aromatic N) is 2. The van der Waals surface area contributed by atoms with Gasteiger partial charge in [0.1, 0.15) is 5.82 Å². The van der Waals surface area contributed by atoms with Crippen LogP contribution in [-0.2, 0) is 13.0 Å². The summed E-state index contributed by atoms with van der Waals surface area (Å²) < 4.78 is 2.46. The van der Waals surface area contributed by atoms with E-state index in [0.29, 0.717) is 0 Å². The molecular formula is C12H19N3. The molecule has 3 nitrogen and oxygen atoms in total. The minimum Gasteiger partial charge on any atom is -0.332 e. The fraction of sp³-hybridized carbons (Fsp3) is 0.750. The predicted octanol–water partition coefficient (Wildman–Crippen LogP) is 1.67. The van der Waals surface area contributed by atoms with Crippen LogP contribution in [0.3, 0.4) is 0 Å². The standard InChI is InChI=1S/C12H19N3/c13-5-3-9-4-6-15-11(7-9)8-14-12(15)10-1-2-10/h8-10H,1-7,13H2. The highest BCUT2D eigenvalue weighted by atomic mass is 15.1. The predicted molar refractivity (Wildman–Crippen MR) is 59.7 cm³/mol. The molecule has 1 aliphatic carbocycles. The molecule has 2 heterocycles. The molecule has 0 spiro atoms. The summed E-state index contributed by atoms with van der Waals surface area (Å²) in [5.74, 6) is 2.94. The van der Waals surface area contributed by atoms with E-state index in [1.54, 1.807) is 0 Å². The van der Waals surface area contributed by atoms with Crippen molar-refractivity contribution in [2.75, 3.05) is 6.54 Å². The third kappa shape index (κ3) is 1.69. The molecule has 1 atom stereocenters. The van der Waals surface area contributed by atoms with Crippen LogP contribution in [0.15, 0.2) is 6.20 Å². The molecule has 3 rings (SSSR count). The van der Waals surface area contributed by atoms with E-state index in [1.165, 1.54) is 50.2 Å². The summed E-state index contributed by atoms with van der Waals surface area (Å²) in [6.45, 7) is 2.00. The fourth-order valence-electron chi connectivity index (χ4n) is 2.71. The molecule has 1 aromatic heterocycles. The molecule has 2 N–H and O–H groups in total. The molecule has 82 valence electrons. The van der Waals surface area contributed by atoms with Gasteiger partial charge in [-0.1, -0.05) is 0 Å². The maximum absolute atomic E-state index is 5.62. The zero-order valence-electron chi connectivity index (χ0n) is 9.15. The van der Waals surface area contributed by atoms with Gasteiger partial charge in [0.05, 0.1) is 0 Å². The Morgan fingerprint density at radius 2 is 2.27 bits per heavy atom. The highest BCUT2D eigenvalue weighted by Gasteiger charge is 2.31. The highest BCUT2D eigenvalue weighted by molar-refractivity contribution is 5.15. The van der Waals surface area contributed by atoms with Crippen LogP contribution in [0.2, 0.25) is 0 Å². The van der Waals surface area contributed by atoms with Crippen LogP contribution in [-0.4, -0.2) is 16.1 Å². The summed E-state index contributed by atoms with van der Waals surface area (Å²) in [6, 6.07) is 0. The monoisotopic (exact) mass is 205 g/mol. The van der Waals surface area contributed by atoms with Crippen molar-refractivity contribution in [3.8, 4) is 0 Å². The van der Waals surface area contributed by atoms with E-state index < -0.39 is 0 Å². The maximum atomic E-state index is 5.62. The number of hydrogen-bond donors (Lipinski definition) is 1. The Balaban J connectivity index is 1.79. The average Bonchev–Trinajstić information content (AvgIpc) is 3.00. The third-order valence-electron chi connectivity index (χ3n) is 3.75. The summed E-state index contributed by atoms with van der Waals surface area (Å²) in [7, 11) is 0. The number of nitrogens with two attached hydrogens (primary N) is 1. The average molecular weight is 205 g/mol. The van der Waals surface area contributed by atoms with Gasteiger partial charge in [-0.15, -0.1) is 0 Å². The van der Waals surface area contributed by atoms with Gasteiger partial charge in [0.15, 0.2) is 0 Å². The summed E-state index contributed by atoms with van der Waals surface area (Å²) >= 11 is 0. The van der Waals surface area contributed by atoms with Gasteiger partial charge < -0.3 is 10.3 Å². The zero-order valence-corrected chi connectivity index (χ0v) is 9.15. The molecule has 2 aliphatic rings. The fourth-order valence-corrected chi connectivity index (χ4v) is 2.71. The van der Waals surface area contributed by atoms with E-state index in [4.69, 9.17) is 5.73 Å². The van der Waals surface area contributed by atoms with Crippen molar-refractivity contribution >= 4 is 0 Å². The van der Waals surface area contributed by atoms with Crippen molar-refractivity contribution in [2.45, 2.75) is 44.6 Å². The Kier molecular flexibility index (Phi) is 2.28. The molecule has 0 bridgehead atoms. The number of aromatic nitrogens is 2. The molecule has 3 heteroatoms. The summed E-state index contributed by atoms with van der Waals surface area (Å²) in [6.07, 6.45) is 8.45. The Labute approximate surface area is 90.7 Å². The first-order chi connectivity index (χ1) is 7.38. The van der Waals surface area contributed by atoms with Crippen LogP contribution in [0, 0.1) is 5.92 Å². The van der Waals surface area contributed by atoms with Crippen LogP contribution >= 0.6 is 0 Å². The second-order valence-electron chi connectivity index (χ2n) is 4.97. The molecule has 0 aromatic carbocycles. The third-order valence-corrected chi connectivity index (χ3v) is 3.75. The van der Waals surface area contributed by atoms with Crippen molar-refractivity contribution in [2.24, 2.45) is 11.7 Å². The van der Waals surface area contributed by atoms with Crippen molar-refractivity contribution in [3.05, 3.63) is 17.7 Å². The second kappa shape index (κ2) is 3.63. The molecule has 15 heavy (non-hydrogen) atoms. The first kappa shape index (κ1) is 9.40. The topological polar surface area (TPSA) is 43.8 Å². The minimum absolute atomic E-state index is 0.782. The summed E-state index contributed by atoms with van der Waals surface area (Å²) in [5.41, 5.74) is 7.07. The van der Waals surface area contributed by atoms with Crippen molar-refractivity contribution in [1.29, 1.82) is 0 Å². The van der Waals surface area contributed by atoms with E-state index in [9.17, 15) is 0 Å². The lowest BCUT2D eigenvalue weighted by Gasteiger charge is -2.24. The SMILES string of the molecule is NCCC1CCn2c(cnc2C2CC2)C1. The van der Waals surface area contributed by atoms with Gasteiger partial charge in [-0.3, -0.25) is 0 Å². The zero-order chi connectivity index (χ0) is 10.3. The van der Waals surface area contributed by atoms with Gasteiger partial charge in [-0.05, 0) is 44.6 Å². The molecule has 1 unspecified atom stereocenters. The number of rotatable bonds is 3.